The van der Waals surface area contributed by atoms with E-state index in [2.05, 4.69) is 54.9 Å². The van der Waals surface area contributed by atoms with Crippen molar-refractivity contribution >= 4 is 56.6 Å². The highest BCUT2D eigenvalue weighted by Gasteiger charge is 2.33. The minimum atomic E-state index is -4.77. The summed E-state index contributed by atoms with van der Waals surface area (Å²) in [6.07, 6.45) is -1.48. The molecule has 0 unspecified atom stereocenters. The van der Waals surface area contributed by atoms with Crippen LogP contribution in [-0.4, -0.2) is 50.5 Å². The Morgan fingerprint density at radius 3 is 2.63 bits per heavy atom. The first-order valence-corrected chi connectivity index (χ1v) is 15.8. The molecule has 238 valence electrons. The van der Waals surface area contributed by atoms with E-state index in [1.807, 2.05) is 55.5 Å². The molecular formula is C32H28BrF3N6O3S. The number of aromatic nitrogens is 3. The first-order chi connectivity index (χ1) is 21.9. The molecule has 0 saturated carbocycles. The van der Waals surface area contributed by atoms with Gasteiger partial charge in [-0.25, -0.2) is 14.5 Å². The van der Waals surface area contributed by atoms with Gasteiger partial charge in [-0.3, -0.25) is 9.69 Å². The molecule has 5 rings (SSSR count). The van der Waals surface area contributed by atoms with Gasteiger partial charge in [-0.1, -0.05) is 71.9 Å². The number of halogens is 4. The van der Waals surface area contributed by atoms with Crippen molar-refractivity contribution in [2.45, 2.75) is 33.1 Å². The maximum absolute atomic E-state index is 12.8. The van der Waals surface area contributed by atoms with Crippen LogP contribution in [0.3, 0.4) is 0 Å². The van der Waals surface area contributed by atoms with Crippen molar-refractivity contribution in [2.75, 3.05) is 17.2 Å². The van der Waals surface area contributed by atoms with Crippen molar-refractivity contribution in [3.63, 3.8) is 0 Å². The lowest BCUT2D eigenvalue weighted by Crippen LogP contribution is -2.32. The number of amides is 3. The largest absolute Gasteiger partial charge is 0.573 e. The van der Waals surface area contributed by atoms with Crippen LogP contribution in [0, 0.1) is 6.92 Å². The van der Waals surface area contributed by atoms with Gasteiger partial charge in [0, 0.05) is 10.0 Å². The van der Waals surface area contributed by atoms with Crippen LogP contribution in [0.5, 0.6) is 5.75 Å². The Labute approximate surface area is 275 Å². The average Bonchev–Trinajstić information content (AvgIpc) is 3.63. The van der Waals surface area contributed by atoms with E-state index in [0.717, 1.165) is 22.4 Å². The number of carbonyl (C=O) groups excluding carboxylic acids is 2. The summed E-state index contributed by atoms with van der Waals surface area (Å²) in [5, 5.41) is 7.54. The molecule has 1 N–H and O–H groups in total. The number of nitrogens with zero attached hydrogens (tertiary/aromatic N) is 5. The molecular weight excluding hydrogens is 685 g/mol. The Bertz CT molecular complexity index is 1820. The summed E-state index contributed by atoms with van der Waals surface area (Å²) in [5.41, 5.74) is 4.76. The van der Waals surface area contributed by atoms with E-state index in [9.17, 15) is 22.8 Å². The van der Waals surface area contributed by atoms with Gasteiger partial charge in [0.25, 0.3) is 0 Å². The minimum absolute atomic E-state index is 0.127. The number of thioether (sulfide) groups is 1. The fraction of sp³-hybridized carbons (Fsp3) is 0.219. The quantitative estimate of drug-likeness (QED) is 0.200. The topological polar surface area (TPSA) is 102 Å². The Balaban J connectivity index is 1.24. The average molecular weight is 714 g/mol. The Hall–Kier alpha value is -4.43. The molecule has 14 heteroatoms. The van der Waals surface area contributed by atoms with Crippen LogP contribution in [0.25, 0.3) is 23.2 Å². The van der Waals surface area contributed by atoms with Gasteiger partial charge in [0.1, 0.15) is 12.1 Å². The molecule has 1 saturated heterocycles. The molecule has 2 heterocycles. The third-order valence-electron chi connectivity index (χ3n) is 6.71. The highest BCUT2D eigenvalue weighted by molar-refractivity contribution is 9.11. The number of anilines is 1. The predicted octanol–water partition coefficient (Wildman–Crippen LogP) is 7.85. The van der Waals surface area contributed by atoms with Crippen LogP contribution in [-0.2, 0) is 4.79 Å². The summed E-state index contributed by atoms with van der Waals surface area (Å²) >= 11 is 4.73. The predicted molar refractivity (Wildman–Crippen MR) is 176 cm³/mol. The fourth-order valence-corrected chi connectivity index (χ4v) is 5.89. The van der Waals surface area contributed by atoms with E-state index in [0.29, 0.717) is 26.7 Å². The number of nitrogens with one attached hydrogen (secondary N) is 1. The molecule has 0 aliphatic carbocycles. The second-order valence-electron chi connectivity index (χ2n) is 10.6. The minimum Gasteiger partial charge on any atom is -0.406 e. The third kappa shape index (κ3) is 8.23. The lowest BCUT2D eigenvalue weighted by molar-refractivity contribution is -0.274. The first kappa shape index (κ1) is 32.9. The van der Waals surface area contributed by atoms with Gasteiger partial charge in [0.2, 0.25) is 5.91 Å². The summed E-state index contributed by atoms with van der Waals surface area (Å²) in [6.45, 7) is 6.21. The zero-order valence-electron chi connectivity index (χ0n) is 24.9. The van der Waals surface area contributed by atoms with Gasteiger partial charge in [0.15, 0.2) is 11.0 Å². The van der Waals surface area contributed by atoms with Crippen molar-refractivity contribution in [1.29, 1.82) is 0 Å². The van der Waals surface area contributed by atoms with E-state index in [4.69, 9.17) is 0 Å². The number of alkyl halides is 3. The maximum atomic E-state index is 12.8. The summed E-state index contributed by atoms with van der Waals surface area (Å²) in [5.74, 6) is 0.333. The summed E-state index contributed by atoms with van der Waals surface area (Å²) in [4.78, 5) is 35.7. The van der Waals surface area contributed by atoms with Gasteiger partial charge >= 0.3 is 12.4 Å². The maximum Gasteiger partial charge on any atom is 0.573 e. The number of carbonyl (C=O) groups is 2. The van der Waals surface area contributed by atoms with Crippen molar-refractivity contribution in [3.8, 4) is 22.8 Å². The van der Waals surface area contributed by atoms with Crippen molar-refractivity contribution in [1.82, 2.24) is 20.1 Å². The van der Waals surface area contributed by atoms with Crippen molar-refractivity contribution in [3.05, 3.63) is 94.2 Å². The third-order valence-corrected chi connectivity index (χ3v) is 8.15. The van der Waals surface area contributed by atoms with Crippen LogP contribution >= 0.6 is 27.7 Å². The van der Waals surface area contributed by atoms with Crippen LogP contribution < -0.4 is 15.0 Å². The second kappa shape index (κ2) is 13.9. The first-order valence-electron chi connectivity index (χ1n) is 14.0. The number of hydrogen-bond donors (Lipinski definition) is 1. The standard InChI is InChI=1S/C32H28BrF3N6O3S/c1-19(2)26-12-7-20(3)13-27(26)42-28(43)17-46-31(42)39-30(44)37-16-23(33)15-21-5-4-6-22(14-21)29-38-18-41(40-29)24-8-10-25(11-9-24)45-32(34,35)36/h4-15,18-19H,16-17H2,1-3H3,(H,37,44)/b23-15+,39-31?. The zero-order valence-corrected chi connectivity index (χ0v) is 27.3. The molecule has 0 spiro atoms. The Morgan fingerprint density at radius 2 is 1.91 bits per heavy atom. The summed E-state index contributed by atoms with van der Waals surface area (Å²) in [6, 6.07) is 18.0. The zero-order chi connectivity index (χ0) is 33.0. The van der Waals surface area contributed by atoms with Gasteiger partial charge in [0.05, 0.1) is 23.7 Å². The molecule has 1 fully saturated rings. The van der Waals surface area contributed by atoms with Gasteiger partial charge in [-0.2, -0.15) is 4.99 Å². The summed E-state index contributed by atoms with van der Waals surface area (Å²) in [7, 11) is 0. The molecule has 3 aromatic carbocycles. The SMILES string of the molecule is Cc1ccc(C(C)C)c(N2C(=O)CSC2=NC(=O)NC/C(Br)=C\c2cccc(-c3ncn(-c4ccc(OC(F)(F)F)cc4)n3)c2)c1. The fourth-order valence-electron chi connectivity index (χ4n) is 4.62. The smallest absolute Gasteiger partial charge is 0.406 e. The molecule has 0 atom stereocenters. The van der Waals surface area contributed by atoms with Crippen LogP contribution in [0.1, 0.15) is 36.5 Å². The number of ether oxygens (including phenoxy) is 1. The van der Waals surface area contributed by atoms with E-state index in [1.165, 1.54) is 51.9 Å². The van der Waals surface area contributed by atoms with Gasteiger partial charge in [-0.15, -0.1) is 18.3 Å². The molecule has 4 aromatic rings. The van der Waals surface area contributed by atoms with Crippen molar-refractivity contribution in [2.24, 2.45) is 4.99 Å². The van der Waals surface area contributed by atoms with Crippen LogP contribution in [0.4, 0.5) is 23.7 Å². The monoisotopic (exact) mass is 712 g/mol. The van der Waals surface area contributed by atoms with Crippen LogP contribution in [0.15, 0.2) is 82.5 Å². The number of rotatable bonds is 8. The van der Waals surface area contributed by atoms with Crippen molar-refractivity contribution < 1.29 is 27.5 Å². The molecule has 1 aliphatic rings. The molecule has 1 aliphatic heterocycles. The number of benzene rings is 3. The molecule has 46 heavy (non-hydrogen) atoms. The number of aliphatic imine (C=N–C) groups is 1. The molecule has 0 radical (unpaired) electrons. The lowest BCUT2D eigenvalue weighted by atomic mass is 9.99. The van der Waals surface area contributed by atoms with Crippen LogP contribution in [0.2, 0.25) is 0 Å². The van der Waals surface area contributed by atoms with E-state index < -0.39 is 12.4 Å². The van der Waals surface area contributed by atoms with Gasteiger partial charge in [-0.05, 0) is 72.0 Å². The number of aryl methyl sites for hydroxylation is 1. The number of urea groups is 1. The van der Waals surface area contributed by atoms with E-state index >= 15 is 0 Å². The second-order valence-corrected chi connectivity index (χ2v) is 12.5. The molecule has 0 bridgehead atoms. The highest BCUT2D eigenvalue weighted by atomic mass is 79.9. The van der Waals surface area contributed by atoms with E-state index in [-0.39, 0.29) is 29.9 Å². The molecule has 9 nitrogen and oxygen atoms in total. The Kier molecular flexibility index (Phi) is 9.97. The summed E-state index contributed by atoms with van der Waals surface area (Å²) < 4.78 is 43.4. The van der Waals surface area contributed by atoms with Gasteiger partial charge < -0.3 is 10.1 Å². The molecule has 3 amide bonds. The van der Waals surface area contributed by atoms with E-state index in [1.54, 1.807) is 0 Å². The normalized spacial score (nSPS) is 14.8. The highest BCUT2D eigenvalue weighted by Crippen LogP contribution is 2.34. The molecule has 1 aromatic heterocycles. The Morgan fingerprint density at radius 1 is 1.15 bits per heavy atom. The number of hydrogen-bond acceptors (Lipinski definition) is 6. The number of amidine groups is 1. The lowest BCUT2D eigenvalue weighted by Gasteiger charge is -2.22.